The molecule has 8 nitrogen and oxygen atoms in total. The van der Waals surface area contributed by atoms with Crippen LogP contribution >= 0.6 is 0 Å². The fourth-order valence-electron chi connectivity index (χ4n) is 3.68. The number of nitrogens with one attached hydrogen (secondary N) is 1. The van der Waals surface area contributed by atoms with Crippen molar-refractivity contribution in [3.8, 4) is 0 Å². The predicted molar refractivity (Wildman–Crippen MR) is 106 cm³/mol. The van der Waals surface area contributed by atoms with Gasteiger partial charge in [-0.2, -0.15) is 5.10 Å². The maximum atomic E-state index is 12.4. The Morgan fingerprint density at radius 1 is 1.36 bits per heavy atom. The first-order chi connectivity index (χ1) is 13.5. The van der Waals surface area contributed by atoms with E-state index in [0.29, 0.717) is 18.9 Å². The molecule has 1 atom stereocenters. The largest absolute Gasteiger partial charge is 0.370 e. The van der Waals surface area contributed by atoms with Gasteiger partial charge in [0.15, 0.2) is 0 Å². The Balaban J connectivity index is 1.32. The Kier molecular flexibility index (Phi) is 4.85. The van der Waals surface area contributed by atoms with Crippen molar-refractivity contribution >= 4 is 17.2 Å². The number of hydrogen-bond acceptors (Lipinski definition) is 5. The number of anilines is 1. The number of carbonyl (C=O) groups excluding carboxylic acids is 1. The summed E-state index contributed by atoms with van der Waals surface area (Å²) >= 11 is 0. The van der Waals surface area contributed by atoms with Crippen molar-refractivity contribution in [3.63, 3.8) is 0 Å². The van der Waals surface area contributed by atoms with Gasteiger partial charge in [0, 0.05) is 45.1 Å². The van der Waals surface area contributed by atoms with Crippen molar-refractivity contribution in [2.24, 2.45) is 13.0 Å². The average molecular weight is 380 g/mol. The maximum absolute atomic E-state index is 12.4. The second-order valence-electron chi connectivity index (χ2n) is 7.39. The third-order valence-corrected chi connectivity index (χ3v) is 5.34. The van der Waals surface area contributed by atoms with E-state index in [9.17, 15) is 9.59 Å². The molecular formula is C20H24N6O2. The van der Waals surface area contributed by atoms with Gasteiger partial charge in [-0.1, -0.05) is 6.07 Å². The third kappa shape index (κ3) is 3.62. The minimum absolute atomic E-state index is 0.00277. The monoisotopic (exact) mass is 380 g/mol. The van der Waals surface area contributed by atoms with E-state index in [-0.39, 0.29) is 11.5 Å². The second-order valence-corrected chi connectivity index (χ2v) is 7.39. The lowest BCUT2D eigenvalue weighted by Gasteiger charge is -2.18. The van der Waals surface area contributed by atoms with Crippen LogP contribution in [0.5, 0.6) is 0 Å². The van der Waals surface area contributed by atoms with Gasteiger partial charge in [0.25, 0.3) is 5.56 Å². The number of rotatable bonds is 5. The lowest BCUT2D eigenvalue weighted by atomic mass is 10.1. The van der Waals surface area contributed by atoms with Crippen LogP contribution in [-0.2, 0) is 18.3 Å². The summed E-state index contributed by atoms with van der Waals surface area (Å²) in [6.07, 6.45) is 6.70. The molecule has 0 aliphatic carbocycles. The van der Waals surface area contributed by atoms with E-state index < -0.39 is 0 Å². The number of pyridine rings is 1. The van der Waals surface area contributed by atoms with E-state index in [1.165, 1.54) is 4.68 Å². The standard InChI is InChI=1S/C20H24N6O2/c1-14-4-3-6-26-17(11-22-20(14)26)8-18(27)21-10-15-5-7-25(13-15)16-9-19(28)24(2)23-12-16/h3-4,6,9,11-12,15H,5,7-8,10,13H2,1-2H3,(H,21,27)/t15-/m0/s1. The molecular weight excluding hydrogens is 356 g/mol. The summed E-state index contributed by atoms with van der Waals surface area (Å²) in [5, 5.41) is 7.13. The molecule has 0 radical (unpaired) electrons. The normalized spacial score (nSPS) is 16.6. The van der Waals surface area contributed by atoms with Crippen LogP contribution in [0.2, 0.25) is 0 Å². The number of nitrogens with zero attached hydrogens (tertiary/aromatic N) is 5. The molecule has 0 bridgehead atoms. The summed E-state index contributed by atoms with van der Waals surface area (Å²) < 4.78 is 3.29. The molecule has 1 aliphatic heterocycles. The number of carbonyl (C=O) groups is 1. The summed E-state index contributed by atoms with van der Waals surface area (Å²) in [6, 6.07) is 5.58. The van der Waals surface area contributed by atoms with Crippen LogP contribution in [0.4, 0.5) is 5.69 Å². The molecule has 3 aromatic heterocycles. The minimum atomic E-state index is -0.113. The molecule has 1 N–H and O–H groups in total. The molecule has 4 heterocycles. The van der Waals surface area contributed by atoms with Gasteiger partial charge in [-0.05, 0) is 30.9 Å². The van der Waals surface area contributed by atoms with Crippen molar-refractivity contribution < 1.29 is 4.79 Å². The predicted octanol–water partition coefficient (Wildman–Crippen LogP) is 0.922. The molecule has 1 fully saturated rings. The topological polar surface area (TPSA) is 84.5 Å². The zero-order chi connectivity index (χ0) is 19.7. The van der Waals surface area contributed by atoms with Crippen molar-refractivity contribution in [2.75, 3.05) is 24.5 Å². The highest BCUT2D eigenvalue weighted by molar-refractivity contribution is 5.78. The van der Waals surface area contributed by atoms with E-state index in [1.54, 1.807) is 25.5 Å². The molecule has 4 rings (SSSR count). The molecule has 1 saturated heterocycles. The SMILES string of the molecule is Cc1cccn2c(CC(=O)NC[C@@H]3CCN(c4cnn(C)c(=O)c4)C3)cnc12. The summed E-state index contributed by atoms with van der Waals surface area (Å²) in [4.78, 5) is 30.7. The first-order valence-corrected chi connectivity index (χ1v) is 9.48. The maximum Gasteiger partial charge on any atom is 0.268 e. The smallest absolute Gasteiger partial charge is 0.268 e. The van der Waals surface area contributed by atoms with Crippen LogP contribution in [0.15, 0.2) is 41.6 Å². The molecule has 0 aromatic carbocycles. The summed E-state index contributed by atoms with van der Waals surface area (Å²) in [7, 11) is 1.64. The minimum Gasteiger partial charge on any atom is -0.370 e. The molecule has 0 saturated carbocycles. The van der Waals surface area contributed by atoms with E-state index in [0.717, 1.165) is 42.1 Å². The van der Waals surface area contributed by atoms with Crippen LogP contribution in [0, 0.1) is 12.8 Å². The highest BCUT2D eigenvalue weighted by Gasteiger charge is 2.24. The number of aromatic nitrogens is 4. The van der Waals surface area contributed by atoms with Gasteiger partial charge < -0.3 is 14.6 Å². The fraction of sp³-hybridized carbons (Fsp3) is 0.400. The van der Waals surface area contributed by atoms with Crippen molar-refractivity contribution in [2.45, 2.75) is 19.8 Å². The van der Waals surface area contributed by atoms with Gasteiger partial charge in [-0.3, -0.25) is 9.59 Å². The van der Waals surface area contributed by atoms with Gasteiger partial charge in [-0.25, -0.2) is 9.67 Å². The Bertz CT molecular complexity index is 1070. The number of aryl methyl sites for hydroxylation is 2. The first-order valence-electron chi connectivity index (χ1n) is 9.48. The number of hydrogen-bond donors (Lipinski definition) is 1. The Hall–Kier alpha value is -3.16. The molecule has 1 amide bonds. The van der Waals surface area contributed by atoms with Crippen molar-refractivity contribution in [1.29, 1.82) is 0 Å². The molecule has 28 heavy (non-hydrogen) atoms. The van der Waals surface area contributed by atoms with Gasteiger partial charge in [0.05, 0.1) is 24.0 Å². The zero-order valence-corrected chi connectivity index (χ0v) is 16.1. The molecule has 1 aliphatic rings. The quantitative estimate of drug-likeness (QED) is 0.712. The summed E-state index contributed by atoms with van der Waals surface area (Å²) in [5.41, 5.74) is 3.59. The van der Waals surface area contributed by atoms with Crippen molar-refractivity contribution in [1.82, 2.24) is 24.5 Å². The lowest BCUT2D eigenvalue weighted by molar-refractivity contribution is -0.120. The first kappa shape index (κ1) is 18.2. The van der Waals surface area contributed by atoms with E-state index in [2.05, 4.69) is 20.3 Å². The van der Waals surface area contributed by atoms with Gasteiger partial charge in [0.1, 0.15) is 5.65 Å². The van der Waals surface area contributed by atoms with Crippen LogP contribution in [0.3, 0.4) is 0 Å². The van der Waals surface area contributed by atoms with Gasteiger partial charge in [-0.15, -0.1) is 0 Å². The summed E-state index contributed by atoms with van der Waals surface area (Å²) in [5.74, 6) is 0.356. The van der Waals surface area contributed by atoms with Crippen LogP contribution in [-0.4, -0.2) is 44.7 Å². The number of amides is 1. The zero-order valence-electron chi connectivity index (χ0n) is 16.1. The average Bonchev–Trinajstić information content (AvgIpc) is 3.31. The van der Waals surface area contributed by atoms with Crippen LogP contribution in [0.1, 0.15) is 17.7 Å². The Morgan fingerprint density at radius 3 is 3.04 bits per heavy atom. The van der Waals surface area contributed by atoms with E-state index in [1.807, 2.05) is 29.7 Å². The highest BCUT2D eigenvalue weighted by Crippen LogP contribution is 2.21. The van der Waals surface area contributed by atoms with Crippen LogP contribution in [0.25, 0.3) is 5.65 Å². The van der Waals surface area contributed by atoms with Gasteiger partial charge in [0.2, 0.25) is 5.91 Å². The fourth-order valence-corrected chi connectivity index (χ4v) is 3.68. The number of imidazole rings is 1. The van der Waals surface area contributed by atoms with E-state index >= 15 is 0 Å². The van der Waals surface area contributed by atoms with Gasteiger partial charge >= 0.3 is 0 Å². The molecule has 3 aromatic rings. The van der Waals surface area contributed by atoms with Crippen molar-refractivity contribution in [3.05, 3.63) is 58.4 Å². The van der Waals surface area contributed by atoms with E-state index in [4.69, 9.17) is 0 Å². The summed E-state index contributed by atoms with van der Waals surface area (Å²) in [6.45, 7) is 4.31. The lowest BCUT2D eigenvalue weighted by Crippen LogP contribution is -2.32. The number of fused-ring (bicyclic) bond motifs is 1. The molecule has 0 spiro atoms. The second kappa shape index (κ2) is 7.46. The Labute approximate surface area is 162 Å². The molecule has 146 valence electrons. The van der Waals surface area contributed by atoms with Crippen LogP contribution < -0.4 is 15.8 Å². The molecule has 0 unspecified atom stereocenters. The highest BCUT2D eigenvalue weighted by atomic mass is 16.1. The third-order valence-electron chi connectivity index (χ3n) is 5.34. The Morgan fingerprint density at radius 2 is 2.21 bits per heavy atom. The molecule has 8 heteroatoms.